The van der Waals surface area contributed by atoms with Crippen LogP contribution in [-0.2, 0) is 13.0 Å². The number of para-hydroxylation sites is 1. The quantitative estimate of drug-likeness (QED) is 0.671. The summed E-state index contributed by atoms with van der Waals surface area (Å²) in [6.07, 6.45) is 0.850. The summed E-state index contributed by atoms with van der Waals surface area (Å²) in [5.41, 5.74) is 3.02. The fourth-order valence-electron chi connectivity index (χ4n) is 3.72. The molecule has 0 bridgehead atoms. The lowest BCUT2D eigenvalue weighted by atomic mass is 10.00. The lowest BCUT2D eigenvalue weighted by molar-refractivity contribution is 0.129. The van der Waals surface area contributed by atoms with Crippen LogP contribution in [0.4, 0.5) is 0 Å². The fourth-order valence-corrected chi connectivity index (χ4v) is 3.72. The van der Waals surface area contributed by atoms with Crippen LogP contribution < -0.4 is 14.2 Å². The molecule has 2 aromatic carbocycles. The molecule has 0 aliphatic carbocycles. The molecule has 3 aromatic rings. The summed E-state index contributed by atoms with van der Waals surface area (Å²) in [5.74, 6) is 3.40. The molecule has 0 saturated heterocycles. The van der Waals surface area contributed by atoms with Crippen LogP contribution in [-0.4, -0.2) is 36.0 Å². The van der Waals surface area contributed by atoms with Crippen LogP contribution in [0.1, 0.15) is 18.2 Å². The maximum Gasteiger partial charge on any atom is 0.231 e. The smallest absolute Gasteiger partial charge is 0.231 e. The van der Waals surface area contributed by atoms with E-state index in [1.54, 1.807) is 0 Å². The summed E-state index contributed by atoms with van der Waals surface area (Å²) >= 11 is 0. The monoisotopic (exact) mass is 378 g/mol. The van der Waals surface area contributed by atoms with Crippen molar-refractivity contribution in [2.45, 2.75) is 25.9 Å². The Kier molecular flexibility index (Phi) is 4.41. The molecule has 0 N–H and O–H groups in total. The van der Waals surface area contributed by atoms with Crippen LogP contribution in [0.2, 0.25) is 0 Å². The highest BCUT2D eigenvalue weighted by atomic mass is 16.7. The average Bonchev–Trinajstić information content (AvgIpc) is 3.38. The standard InChI is InChI=1S/C22H22N2O4/c1-15(13-25-17-5-3-2-4-6-17)24-10-9-19-18(12-24)22(23-28-19)16-7-8-20-21(11-16)27-14-26-20/h2-8,11,15H,9-10,12-14H2,1H3/t15-/m1/s1. The van der Waals surface area contributed by atoms with E-state index in [0.29, 0.717) is 6.61 Å². The summed E-state index contributed by atoms with van der Waals surface area (Å²) in [6, 6.07) is 16.1. The number of nitrogens with zero attached hydrogens (tertiary/aromatic N) is 2. The van der Waals surface area contributed by atoms with E-state index >= 15 is 0 Å². The second-order valence-corrected chi connectivity index (χ2v) is 7.19. The summed E-state index contributed by atoms with van der Waals surface area (Å²) in [5, 5.41) is 4.35. The highest BCUT2D eigenvalue weighted by molar-refractivity contribution is 5.67. The van der Waals surface area contributed by atoms with Crippen LogP contribution in [0.25, 0.3) is 11.3 Å². The van der Waals surface area contributed by atoms with Gasteiger partial charge >= 0.3 is 0 Å². The number of rotatable bonds is 5. The first-order chi connectivity index (χ1) is 13.8. The van der Waals surface area contributed by atoms with Gasteiger partial charge < -0.3 is 18.7 Å². The zero-order valence-electron chi connectivity index (χ0n) is 15.8. The molecule has 0 unspecified atom stereocenters. The summed E-state index contributed by atoms with van der Waals surface area (Å²) in [7, 11) is 0. The Hall–Kier alpha value is -2.99. The van der Waals surface area contributed by atoms with Gasteiger partial charge in [0.25, 0.3) is 0 Å². The van der Waals surface area contributed by atoms with E-state index in [9.17, 15) is 0 Å². The van der Waals surface area contributed by atoms with Crippen molar-refractivity contribution in [1.29, 1.82) is 0 Å². The summed E-state index contributed by atoms with van der Waals surface area (Å²) in [6.45, 7) is 4.83. The van der Waals surface area contributed by atoms with E-state index in [1.165, 1.54) is 0 Å². The first kappa shape index (κ1) is 17.1. The van der Waals surface area contributed by atoms with Crippen molar-refractivity contribution in [3.05, 3.63) is 59.9 Å². The number of fused-ring (bicyclic) bond motifs is 2. The molecular formula is C22H22N2O4. The van der Waals surface area contributed by atoms with Crippen molar-refractivity contribution in [2.24, 2.45) is 0 Å². The lowest BCUT2D eigenvalue weighted by Gasteiger charge is -2.31. The molecule has 2 aliphatic heterocycles. The van der Waals surface area contributed by atoms with Gasteiger partial charge in [0, 0.05) is 36.7 Å². The van der Waals surface area contributed by atoms with Crippen molar-refractivity contribution in [2.75, 3.05) is 19.9 Å². The number of aromatic nitrogens is 1. The third-order valence-corrected chi connectivity index (χ3v) is 5.36. The molecule has 1 aromatic heterocycles. The van der Waals surface area contributed by atoms with Crippen molar-refractivity contribution in [3.8, 4) is 28.5 Å². The number of hydrogen-bond acceptors (Lipinski definition) is 6. The van der Waals surface area contributed by atoms with Gasteiger partial charge in [0.1, 0.15) is 23.8 Å². The minimum absolute atomic E-state index is 0.266. The Labute approximate surface area is 163 Å². The Morgan fingerprint density at radius 3 is 2.86 bits per heavy atom. The van der Waals surface area contributed by atoms with Crippen LogP contribution in [0.3, 0.4) is 0 Å². The topological polar surface area (TPSA) is 57.0 Å². The Bertz CT molecular complexity index is 970. The molecule has 0 saturated carbocycles. The lowest BCUT2D eigenvalue weighted by Crippen LogP contribution is -2.40. The van der Waals surface area contributed by atoms with Crippen LogP contribution >= 0.6 is 0 Å². The SMILES string of the molecule is C[C@H](COc1ccccc1)N1CCc2onc(-c3ccc4c(c3)OCO4)c2C1. The van der Waals surface area contributed by atoms with E-state index in [0.717, 1.165) is 59.3 Å². The molecule has 1 atom stereocenters. The van der Waals surface area contributed by atoms with Crippen molar-refractivity contribution in [1.82, 2.24) is 10.1 Å². The maximum atomic E-state index is 5.94. The Morgan fingerprint density at radius 2 is 1.96 bits per heavy atom. The first-order valence-corrected chi connectivity index (χ1v) is 9.57. The van der Waals surface area contributed by atoms with Gasteiger partial charge in [-0.05, 0) is 37.3 Å². The van der Waals surface area contributed by atoms with Gasteiger partial charge in [-0.1, -0.05) is 23.4 Å². The molecule has 2 aliphatic rings. The summed E-state index contributed by atoms with van der Waals surface area (Å²) < 4.78 is 22.5. The number of ether oxygens (including phenoxy) is 3. The first-order valence-electron chi connectivity index (χ1n) is 9.57. The second kappa shape index (κ2) is 7.20. The van der Waals surface area contributed by atoms with Gasteiger partial charge in [-0.2, -0.15) is 0 Å². The fraction of sp³-hybridized carbons (Fsp3) is 0.318. The zero-order valence-corrected chi connectivity index (χ0v) is 15.8. The van der Waals surface area contributed by atoms with Crippen LogP contribution in [0.15, 0.2) is 53.1 Å². The second-order valence-electron chi connectivity index (χ2n) is 7.19. The third kappa shape index (κ3) is 3.20. The predicted octanol–water partition coefficient (Wildman–Crippen LogP) is 3.90. The molecule has 5 rings (SSSR count). The summed E-state index contributed by atoms with van der Waals surface area (Å²) in [4.78, 5) is 2.42. The van der Waals surface area contributed by atoms with Crippen LogP contribution in [0.5, 0.6) is 17.2 Å². The zero-order chi connectivity index (χ0) is 18.9. The van der Waals surface area contributed by atoms with Gasteiger partial charge in [-0.15, -0.1) is 0 Å². The van der Waals surface area contributed by atoms with E-state index in [2.05, 4.69) is 17.0 Å². The van der Waals surface area contributed by atoms with Crippen molar-refractivity contribution in [3.63, 3.8) is 0 Å². The number of benzene rings is 2. The molecule has 3 heterocycles. The molecule has 28 heavy (non-hydrogen) atoms. The molecule has 6 nitrogen and oxygen atoms in total. The predicted molar refractivity (Wildman–Crippen MR) is 104 cm³/mol. The van der Waals surface area contributed by atoms with Gasteiger partial charge in [-0.25, -0.2) is 0 Å². The van der Waals surface area contributed by atoms with E-state index in [1.807, 2.05) is 48.5 Å². The minimum atomic E-state index is 0.266. The molecule has 6 heteroatoms. The normalized spacial score (nSPS) is 16.6. The van der Waals surface area contributed by atoms with E-state index < -0.39 is 0 Å². The van der Waals surface area contributed by atoms with E-state index in [4.69, 9.17) is 18.7 Å². The van der Waals surface area contributed by atoms with Crippen molar-refractivity contribution >= 4 is 0 Å². The molecule has 144 valence electrons. The molecule has 0 fully saturated rings. The number of hydrogen-bond donors (Lipinski definition) is 0. The highest BCUT2D eigenvalue weighted by Crippen LogP contribution is 2.38. The minimum Gasteiger partial charge on any atom is -0.492 e. The Morgan fingerprint density at radius 1 is 1.11 bits per heavy atom. The van der Waals surface area contributed by atoms with Gasteiger partial charge in [0.15, 0.2) is 11.5 Å². The van der Waals surface area contributed by atoms with E-state index in [-0.39, 0.29) is 12.8 Å². The van der Waals surface area contributed by atoms with Crippen LogP contribution in [0, 0.1) is 0 Å². The average molecular weight is 378 g/mol. The van der Waals surface area contributed by atoms with Gasteiger partial charge in [-0.3, -0.25) is 4.90 Å². The maximum absolute atomic E-state index is 5.94. The molecule has 0 amide bonds. The third-order valence-electron chi connectivity index (χ3n) is 5.36. The van der Waals surface area contributed by atoms with Crippen molar-refractivity contribution < 1.29 is 18.7 Å². The molecule has 0 spiro atoms. The molecular weight excluding hydrogens is 356 g/mol. The highest BCUT2D eigenvalue weighted by Gasteiger charge is 2.28. The van der Waals surface area contributed by atoms with Gasteiger partial charge in [0.05, 0.1) is 0 Å². The largest absolute Gasteiger partial charge is 0.492 e. The molecule has 0 radical (unpaired) electrons. The Balaban J connectivity index is 1.32. The van der Waals surface area contributed by atoms with Gasteiger partial charge in [0.2, 0.25) is 6.79 Å².